The lowest BCUT2D eigenvalue weighted by Gasteiger charge is -2.26. The Morgan fingerprint density at radius 2 is 1.71 bits per heavy atom. The summed E-state index contributed by atoms with van der Waals surface area (Å²) >= 11 is 5.84. The van der Waals surface area contributed by atoms with Crippen molar-refractivity contribution in [3.63, 3.8) is 0 Å². The van der Waals surface area contributed by atoms with Gasteiger partial charge in [-0.2, -0.15) is 0 Å². The predicted molar refractivity (Wildman–Crippen MR) is 111 cm³/mol. The molecule has 0 aliphatic carbocycles. The van der Waals surface area contributed by atoms with Crippen molar-refractivity contribution in [2.75, 3.05) is 39.5 Å². The van der Waals surface area contributed by atoms with Crippen LogP contribution in [0, 0.1) is 0 Å². The van der Waals surface area contributed by atoms with Crippen LogP contribution < -0.4 is 4.74 Å². The summed E-state index contributed by atoms with van der Waals surface area (Å²) in [6, 6.07) is 13.5. The Kier molecular flexibility index (Phi) is 7.50. The summed E-state index contributed by atoms with van der Waals surface area (Å²) < 4.78 is 36.0. The quantitative estimate of drug-likeness (QED) is 0.605. The number of halogens is 1. The molecule has 0 bridgehead atoms. The van der Waals surface area contributed by atoms with Gasteiger partial charge in [-0.15, -0.1) is 0 Å². The number of sulfone groups is 1. The van der Waals surface area contributed by atoms with Gasteiger partial charge in [-0.05, 0) is 54.5 Å². The van der Waals surface area contributed by atoms with Crippen molar-refractivity contribution in [1.29, 1.82) is 0 Å². The Bertz CT molecular complexity index is 874. The van der Waals surface area contributed by atoms with Gasteiger partial charge in [-0.25, -0.2) is 8.42 Å². The second-order valence-electron chi connectivity index (χ2n) is 6.53. The van der Waals surface area contributed by atoms with Crippen LogP contribution in [-0.2, 0) is 14.6 Å². The Hall–Kier alpha value is -1.86. The van der Waals surface area contributed by atoms with Gasteiger partial charge in [0.15, 0.2) is 9.84 Å². The van der Waals surface area contributed by atoms with Gasteiger partial charge in [0.2, 0.25) is 0 Å². The molecule has 2 aromatic rings. The third kappa shape index (κ3) is 6.34. The first-order valence-electron chi connectivity index (χ1n) is 9.25. The third-order valence-corrected chi connectivity index (χ3v) is 6.13. The molecule has 0 radical (unpaired) electrons. The maximum absolute atomic E-state index is 12.4. The molecule has 5 nitrogen and oxygen atoms in total. The minimum Gasteiger partial charge on any atom is -0.494 e. The third-order valence-electron chi connectivity index (χ3n) is 4.45. The molecule has 0 saturated carbocycles. The Labute approximate surface area is 171 Å². The number of hydrogen-bond donors (Lipinski definition) is 0. The first kappa shape index (κ1) is 20.9. The van der Waals surface area contributed by atoms with Crippen LogP contribution in [0.15, 0.2) is 58.8 Å². The van der Waals surface area contributed by atoms with Gasteiger partial charge in [0.1, 0.15) is 5.75 Å². The van der Waals surface area contributed by atoms with E-state index >= 15 is 0 Å². The smallest absolute Gasteiger partial charge is 0.199 e. The Balaban J connectivity index is 1.50. The highest BCUT2D eigenvalue weighted by molar-refractivity contribution is 7.94. The molecule has 1 aliphatic heterocycles. The van der Waals surface area contributed by atoms with Crippen molar-refractivity contribution < 1.29 is 17.9 Å². The first-order valence-corrected chi connectivity index (χ1v) is 11.2. The van der Waals surface area contributed by atoms with Gasteiger partial charge >= 0.3 is 0 Å². The van der Waals surface area contributed by atoms with E-state index in [1.807, 2.05) is 0 Å². The van der Waals surface area contributed by atoms with Gasteiger partial charge < -0.3 is 9.47 Å². The summed E-state index contributed by atoms with van der Waals surface area (Å²) in [5.74, 6) is 0.669. The number of hydrogen-bond acceptors (Lipinski definition) is 5. The lowest BCUT2D eigenvalue weighted by molar-refractivity contribution is 0.0358. The second-order valence-corrected chi connectivity index (χ2v) is 8.80. The van der Waals surface area contributed by atoms with E-state index in [0.717, 1.165) is 44.8 Å². The van der Waals surface area contributed by atoms with E-state index in [1.54, 1.807) is 54.6 Å². The Morgan fingerprint density at radius 3 is 2.39 bits per heavy atom. The van der Waals surface area contributed by atoms with E-state index in [1.165, 1.54) is 5.41 Å². The zero-order valence-electron chi connectivity index (χ0n) is 15.6. The Morgan fingerprint density at radius 1 is 1.04 bits per heavy atom. The van der Waals surface area contributed by atoms with Gasteiger partial charge in [0.25, 0.3) is 0 Å². The molecule has 3 rings (SSSR count). The fourth-order valence-electron chi connectivity index (χ4n) is 2.85. The van der Waals surface area contributed by atoms with Crippen LogP contribution in [-0.4, -0.2) is 52.8 Å². The number of nitrogens with zero attached hydrogens (tertiary/aromatic N) is 1. The molecule has 0 spiro atoms. The largest absolute Gasteiger partial charge is 0.494 e. The number of morpholine rings is 1. The molecule has 7 heteroatoms. The molecule has 1 saturated heterocycles. The van der Waals surface area contributed by atoms with E-state index < -0.39 is 9.84 Å². The summed E-state index contributed by atoms with van der Waals surface area (Å²) in [7, 11) is -3.51. The molecule has 0 aromatic heterocycles. The van der Waals surface area contributed by atoms with Gasteiger partial charge in [0, 0.05) is 30.1 Å². The van der Waals surface area contributed by atoms with Gasteiger partial charge in [0.05, 0.1) is 24.7 Å². The van der Waals surface area contributed by atoms with Crippen LogP contribution in [0.5, 0.6) is 5.75 Å². The second kappa shape index (κ2) is 10.1. The molecule has 0 N–H and O–H groups in total. The van der Waals surface area contributed by atoms with Gasteiger partial charge in [-0.3, -0.25) is 4.90 Å². The fourth-order valence-corrected chi connectivity index (χ4v) is 3.98. The molecule has 0 unspecified atom stereocenters. The van der Waals surface area contributed by atoms with Crippen LogP contribution in [0.4, 0.5) is 0 Å². The van der Waals surface area contributed by atoms with Crippen LogP contribution in [0.1, 0.15) is 12.0 Å². The zero-order chi connectivity index (χ0) is 19.8. The molecule has 2 aromatic carbocycles. The van der Waals surface area contributed by atoms with E-state index in [4.69, 9.17) is 21.1 Å². The zero-order valence-corrected chi connectivity index (χ0v) is 17.2. The average molecular weight is 422 g/mol. The van der Waals surface area contributed by atoms with Crippen molar-refractivity contribution in [2.45, 2.75) is 11.3 Å². The highest BCUT2D eigenvalue weighted by Crippen LogP contribution is 2.19. The molecule has 1 aliphatic rings. The normalized spacial score (nSPS) is 15.8. The minimum absolute atomic E-state index is 0.235. The summed E-state index contributed by atoms with van der Waals surface area (Å²) in [4.78, 5) is 2.59. The van der Waals surface area contributed by atoms with Crippen molar-refractivity contribution >= 4 is 27.5 Å². The monoisotopic (exact) mass is 421 g/mol. The molecule has 0 amide bonds. The topological polar surface area (TPSA) is 55.8 Å². The number of benzene rings is 2. The molecular weight excluding hydrogens is 398 g/mol. The lowest BCUT2D eigenvalue weighted by Crippen LogP contribution is -2.37. The van der Waals surface area contributed by atoms with Crippen molar-refractivity contribution in [2.24, 2.45) is 0 Å². The van der Waals surface area contributed by atoms with E-state index in [-0.39, 0.29) is 4.90 Å². The highest BCUT2D eigenvalue weighted by atomic mass is 35.5. The summed E-state index contributed by atoms with van der Waals surface area (Å²) in [5, 5.41) is 1.81. The molecular formula is C21H24ClNO4S. The predicted octanol–water partition coefficient (Wildman–Crippen LogP) is 3.89. The van der Waals surface area contributed by atoms with Gasteiger partial charge in [-0.1, -0.05) is 23.7 Å². The minimum atomic E-state index is -3.51. The van der Waals surface area contributed by atoms with Crippen LogP contribution in [0.25, 0.3) is 6.08 Å². The van der Waals surface area contributed by atoms with Crippen LogP contribution >= 0.6 is 11.6 Å². The fraction of sp³-hybridized carbons (Fsp3) is 0.333. The van der Waals surface area contributed by atoms with Crippen molar-refractivity contribution in [3.8, 4) is 5.75 Å². The van der Waals surface area contributed by atoms with E-state index in [2.05, 4.69) is 4.90 Å². The summed E-state index contributed by atoms with van der Waals surface area (Å²) in [5.41, 5.74) is 0.771. The SMILES string of the molecule is O=S(=O)(C=Cc1ccc(Cl)cc1)c1ccc(OCCCN2CCOCC2)cc1. The summed E-state index contributed by atoms with van der Waals surface area (Å²) in [6.45, 7) is 5.10. The lowest BCUT2D eigenvalue weighted by atomic mass is 10.2. The average Bonchev–Trinajstić information content (AvgIpc) is 2.72. The maximum atomic E-state index is 12.4. The molecule has 1 fully saturated rings. The van der Waals surface area contributed by atoms with Crippen LogP contribution in [0.2, 0.25) is 5.02 Å². The molecule has 150 valence electrons. The summed E-state index contributed by atoms with van der Waals surface area (Å²) in [6.07, 6.45) is 2.48. The van der Waals surface area contributed by atoms with Crippen molar-refractivity contribution in [1.82, 2.24) is 4.90 Å². The number of rotatable bonds is 8. The van der Waals surface area contributed by atoms with E-state index in [9.17, 15) is 8.42 Å². The van der Waals surface area contributed by atoms with E-state index in [0.29, 0.717) is 17.4 Å². The van der Waals surface area contributed by atoms with Crippen molar-refractivity contribution in [3.05, 3.63) is 64.5 Å². The highest BCUT2D eigenvalue weighted by Gasteiger charge is 2.11. The number of ether oxygens (including phenoxy) is 2. The molecule has 28 heavy (non-hydrogen) atoms. The molecule has 0 atom stereocenters. The standard InChI is InChI=1S/C21H24ClNO4S/c22-19-4-2-18(3-5-19)10-17-28(24,25)21-8-6-20(7-9-21)27-14-1-11-23-12-15-26-16-13-23/h2-10,17H,1,11-16H2. The molecule has 1 heterocycles. The maximum Gasteiger partial charge on any atom is 0.199 e. The van der Waals surface area contributed by atoms with Crippen LogP contribution in [0.3, 0.4) is 0 Å². The first-order chi connectivity index (χ1) is 13.5.